The minimum absolute atomic E-state index is 0.100. The third-order valence-corrected chi connectivity index (χ3v) is 5.75. The van der Waals surface area contributed by atoms with Crippen LogP contribution in [0.5, 0.6) is 0 Å². The number of rotatable bonds is 5. The van der Waals surface area contributed by atoms with Gasteiger partial charge in [-0.15, -0.1) is 5.10 Å². The number of nitrogens with zero attached hydrogens (tertiary/aromatic N) is 6. The minimum Gasteiger partial charge on any atom is -0.368 e. The maximum atomic E-state index is 12.6. The summed E-state index contributed by atoms with van der Waals surface area (Å²) in [6.45, 7) is 3.01. The van der Waals surface area contributed by atoms with Crippen molar-refractivity contribution in [1.29, 1.82) is 0 Å². The number of benzene rings is 2. The highest BCUT2D eigenvalue weighted by molar-refractivity contribution is 7.99. The van der Waals surface area contributed by atoms with E-state index in [-0.39, 0.29) is 5.91 Å². The smallest absolute Gasteiger partial charge is 0.233 e. The van der Waals surface area contributed by atoms with Gasteiger partial charge in [0, 0.05) is 36.9 Å². The number of carbonyl (C=O) groups excluding carboxylic acids is 1. The van der Waals surface area contributed by atoms with Crippen LogP contribution in [0.4, 0.5) is 5.69 Å². The Morgan fingerprint density at radius 1 is 0.964 bits per heavy atom. The lowest BCUT2D eigenvalue weighted by atomic mass is 10.2. The van der Waals surface area contributed by atoms with Crippen molar-refractivity contribution in [3.63, 3.8) is 0 Å². The molecule has 28 heavy (non-hydrogen) atoms. The predicted molar refractivity (Wildman–Crippen MR) is 110 cm³/mol. The SMILES string of the molecule is O=C(CSc1nnnn1-c1ccccc1)N1CCN(c2ccc(Cl)cc2)CC1. The molecule has 1 fully saturated rings. The molecule has 0 aliphatic carbocycles. The van der Waals surface area contributed by atoms with E-state index in [4.69, 9.17) is 11.6 Å². The second-order valence-electron chi connectivity index (χ2n) is 6.34. The van der Waals surface area contributed by atoms with Gasteiger partial charge < -0.3 is 9.80 Å². The Morgan fingerprint density at radius 2 is 1.68 bits per heavy atom. The Hall–Kier alpha value is -2.58. The number of hydrogen-bond donors (Lipinski definition) is 0. The molecule has 0 saturated carbocycles. The normalized spacial score (nSPS) is 14.3. The lowest BCUT2D eigenvalue weighted by molar-refractivity contribution is -0.128. The standard InChI is InChI=1S/C19H19ClN6OS/c20-15-6-8-16(9-7-15)24-10-12-25(13-11-24)18(27)14-28-19-21-22-23-26(19)17-4-2-1-3-5-17/h1-9H,10-14H2. The van der Waals surface area contributed by atoms with Crippen LogP contribution in [-0.4, -0.2) is 62.9 Å². The van der Waals surface area contributed by atoms with Gasteiger partial charge in [-0.25, -0.2) is 0 Å². The number of thioether (sulfide) groups is 1. The summed E-state index contributed by atoms with van der Waals surface area (Å²) in [5, 5.41) is 13.1. The Labute approximate surface area is 172 Å². The van der Waals surface area contributed by atoms with Crippen LogP contribution < -0.4 is 4.90 Å². The van der Waals surface area contributed by atoms with Gasteiger partial charge in [-0.05, 0) is 46.8 Å². The molecule has 4 rings (SSSR count). The van der Waals surface area contributed by atoms with Crippen molar-refractivity contribution in [2.75, 3.05) is 36.8 Å². The topological polar surface area (TPSA) is 67.2 Å². The number of carbonyl (C=O) groups is 1. The molecule has 1 aromatic heterocycles. The molecular formula is C19H19ClN6OS. The van der Waals surface area contributed by atoms with E-state index >= 15 is 0 Å². The molecule has 1 saturated heterocycles. The molecule has 144 valence electrons. The van der Waals surface area contributed by atoms with Gasteiger partial charge in [0.2, 0.25) is 11.1 Å². The predicted octanol–water partition coefficient (Wildman–Crippen LogP) is 2.76. The summed E-state index contributed by atoms with van der Waals surface area (Å²) < 4.78 is 1.65. The van der Waals surface area contributed by atoms with Crippen molar-refractivity contribution in [2.24, 2.45) is 0 Å². The van der Waals surface area contributed by atoms with Crippen molar-refractivity contribution in [2.45, 2.75) is 5.16 Å². The zero-order valence-corrected chi connectivity index (χ0v) is 16.7. The maximum absolute atomic E-state index is 12.6. The monoisotopic (exact) mass is 414 g/mol. The van der Waals surface area contributed by atoms with Gasteiger partial charge in [-0.3, -0.25) is 4.79 Å². The first-order chi connectivity index (χ1) is 13.7. The van der Waals surface area contributed by atoms with Crippen LogP contribution in [0.2, 0.25) is 5.02 Å². The van der Waals surface area contributed by atoms with Crippen molar-refractivity contribution in [3.8, 4) is 5.69 Å². The first kappa shape index (κ1) is 18.8. The van der Waals surface area contributed by atoms with Crippen molar-refractivity contribution < 1.29 is 4.79 Å². The lowest BCUT2D eigenvalue weighted by Crippen LogP contribution is -2.49. The number of para-hydroxylation sites is 1. The molecule has 0 bridgehead atoms. The van der Waals surface area contributed by atoms with E-state index in [0.29, 0.717) is 24.0 Å². The molecule has 2 aromatic carbocycles. The third-order valence-electron chi connectivity index (χ3n) is 4.59. The van der Waals surface area contributed by atoms with E-state index in [9.17, 15) is 4.79 Å². The highest BCUT2D eigenvalue weighted by Gasteiger charge is 2.22. The van der Waals surface area contributed by atoms with Crippen LogP contribution in [0.15, 0.2) is 59.8 Å². The molecule has 9 heteroatoms. The van der Waals surface area contributed by atoms with E-state index in [1.807, 2.05) is 59.5 Å². The van der Waals surface area contributed by atoms with E-state index < -0.39 is 0 Å². The number of anilines is 1. The second-order valence-corrected chi connectivity index (χ2v) is 7.72. The molecule has 1 aliphatic heterocycles. The van der Waals surface area contributed by atoms with Gasteiger partial charge in [0.15, 0.2) is 0 Å². The van der Waals surface area contributed by atoms with Crippen LogP contribution in [0.25, 0.3) is 5.69 Å². The average molecular weight is 415 g/mol. The minimum atomic E-state index is 0.100. The highest BCUT2D eigenvalue weighted by Crippen LogP contribution is 2.21. The maximum Gasteiger partial charge on any atom is 0.233 e. The number of hydrogen-bond acceptors (Lipinski definition) is 6. The third kappa shape index (κ3) is 4.28. The molecule has 0 N–H and O–H groups in total. The van der Waals surface area contributed by atoms with Crippen LogP contribution in [0, 0.1) is 0 Å². The molecule has 0 unspecified atom stereocenters. The van der Waals surface area contributed by atoms with Gasteiger partial charge in [-0.1, -0.05) is 41.6 Å². The number of aromatic nitrogens is 4. The first-order valence-electron chi connectivity index (χ1n) is 8.95. The number of halogens is 1. The fraction of sp³-hybridized carbons (Fsp3) is 0.263. The molecular weight excluding hydrogens is 396 g/mol. The summed E-state index contributed by atoms with van der Waals surface area (Å²) in [6, 6.07) is 17.5. The summed E-state index contributed by atoms with van der Waals surface area (Å²) in [5.74, 6) is 0.414. The molecule has 1 amide bonds. The van der Waals surface area contributed by atoms with Crippen LogP contribution in [-0.2, 0) is 4.79 Å². The molecule has 0 radical (unpaired) electrons. The van der Waals surface area contributed by atoms with Crippen molar-refractivity contribution in [1.82, 2.24) is 25.1 Å². The lowest BCUT2D eigenvalue weighted by Gasteiger charge is -2.36. The summed E-state index contributed by atoms with van der Waals surface area (Å²) in [6.07, 6.45) is 0. The van der Waals surface area contributed by atoms with Gasteiger partial charge in [0.1, 0.15) is 0 Å². The molecule has 1 aliphatic rings. The Balaban J connectivity index is 1.31. The fourth-order valence-corrected chi connectivity index (χ4v) is 4.00. The zero-order chi connectivity index (χ0) is 19.3. The van der Waals surface area contributed by atoms with Crippen molar-refractivity contribution >= 4 is 35.0 Å². The second kappa shape index (κ2) is 8.62. The van der Waals surface area contributed by atoms with E-state index in [0.717, 1.165) is 29.5 Å². The molecule has 3 aromatic rings. The number of tetrazole rings is 1. The fourth-order valence-electron chi connectivity index (χ4n) is 3.08. The van der Waals surface area contributed by atoms with E-state index in [2.05, 4.69) is 20.4 Å². The van der Waals surface area contributed by atoms with Crippen LogP contribution in [0.3, 0.4) is 0 Å². The first-order valence-corrected chi connectivity index (χ1v) is 10.3. The quantitative estimate of drug-likeness (QED) is 0.598. The number of piperazine rings is 1. The van der Waals surface area contributed by atoms with Gasteiger partial charge in [0.05, 0.1) is 11.4 Å². The van der Waals surface area contributed by atoms with Gasteiger partial charge in [0.25, 0.3) is 0 Å². The van der Waals surface area contributed by atoms with Crippen molar-refractivity contribution in [3.05, 3.63) is 59.6 Å². The molecule has 0 atom stereocenters. The molecule has 0 spiro atoms. The Bertz CT molecular complexity index is 925. The number of amides is 1. The molecule has 7 nitrogen and oxygen atoms in total. The average Bonchev–Trinajstić information content (AvgIpc) is 3.22. The van der Waals surface area contributed by atoms with Crippen LogP contribution in [0.1, 0.15) is 0 Å². The molecule has 2 heterocycles. The highest BCUT2D eigenvalue weighted by atomic mass is 35.5. The summed E-state index contributed by atoms with van der Waals surface area (Å²) >= 11 is 7.31. The van der Waals surface area contributed by atoms with E-state index in [1.54, 1.807) is 4.68 Å². The Kier molecular flexibility index (Phi) is 5.78. The Morgan fingerprint density at radius 3 is 2.39 bits per heavy atom. The van der Waals surface area contributed by atoms with E-state index in [1.165, 1.54) is 11.8 Å². The zero-order valence-electron chi connectivity index (χ0n) is 15.1. The van der Waals surface area contributed by atoms with Crippen LogP contribution >= 0.6 is 23.4 Å². The summed E-state index contributed by atoms with van der Waals surface area (Å²) in [4.78, 5) is 16.8. The summed E-state index contributed by atoms with van der Waals surface area (Å²) in [5.41, 5.74) is 2.01. The largest absolute Gasteiger partial charge is 0.368 e. The van der Waals surface area contributed by atoms with Gasteiger partial charge >= 0.3 is 0 Å². The van der Waals surface area contributed by atoms with Gasteiger partial charge in [-0.2, -0.15) is 4.68 Å². The summed E-state index contributed by atoms with van der Waals surface area (Å²) in [7, 11) is 0.